The van der Waals surface area contributed by atoms with E-state index in [-0.39, 0.29) is 11.8 Å². The third-order valence-electron chi connectivity index (χ3n) is 3.75. The predicted octanol–water partition coefficient (Wildman–Crippen LogP) is 2.13. The van der Waals surface area contributed by atoms with Crippen LogP contribution in [0.25, 0.3) is 10.7 Å². The third kappa shape index (κ3) is 3.08. The number of rotatable bonds is 5. The number of carbonyl (C=O) groups excluding carboxylic acids is 1. The van der Waals surface area contributed by atoms with Crippen molar-refractivity contribution in [1.29, 1.82) is 0 Å². The van der Waals surface area contributed by atoms with Crippen LogP contribution in [0.1, 0.15) is 17.6 Å². The second-order valence-corrected chi connectivity index (χ2v) is 6.64. The summed E-state index contributed by atoms with van der Waals surface area (Å²) < 4.78 is 10.3. The van der Waals surface area contributed by atoms with Crippen molar-refractivity contribution < 1.29 is 13.8 Å². The average Bonchev–Trinajstić information content (AvgIpc) is 3.23. The van der Waals surface area contributed by atoms with E-state index in [1.54, 1.807) is 24.3 Å². The fourth-order valence-corrected chi connectivity index (χ4v) is 3.22. The molecule has 124 valence electrons. The number of aryl methyl sites for hydroxylation is 1. The Kier molecular flexibility index (Phi) is 3.87. The van der Waals surface area contributed by atoms with Gasteiger partial charge >= 0.3 is 0 Å². The minimum atomic E-state index is -0.119. The van der Waals surface area contributed by atoms with Crippen LogP contribution in [0.3, 0.4) is 0 Å². The van der Waals surface area contributed by atoms with Crippen molar-refractivity contribution in [3.8, 4) is 10.7 Å². The molecule has 1 aliphatic heterocycles. The van der Waals surface area contributed by atoms with Crippen LogP contribution in [0.15, 0.2) is 32.6 Å². The van der Waals surface area contributed by atoms with Crippen LogP contribution in [0.4, 0.5) is 5.82 Å². The van der Waals surface area contributed by atoms with Crippen molar-refractivity contribution in [3.63, 3.8) is 0 Å². The predicted molar refractivity (Wildman–Crippen MR) is 86.7 cm³/mol. The number of aromatic nitrogens is 3. The normalized spacial score (nSPS) is 15.4. The van der Waals surface area contributed by atoms with Gasteiger partial charge in [0.1, 0.15) is 5.76 Å². The molecular weight excluding hydrogens is 330 g/mol. The van der Waals surface area contributed by atoms with Crippen molar-refractivity contribution >= 4 is 23.1 Å². The Morgan fingerprint density at radius 2 is 2.29 bits per heavy atom. The number of nitrogens with zero attached hydrogens (tertiary/aromatic N) is 4. The van der Waals surface area contributed by atoms with Gasteiger partial charge < -0.3 is 14.4 Å². The molecule has 0 aliphatic carbocycles. The number of hydrogen-bond acceptors (Lipinski definition) is 8. The van der Waals surface area contributed by atoms with Crippen molar-refractivity contribution in [2.75, 3.05) is 25.0 Å². The van der Waals surface area contributed by atoms with E-state index >= 15 is 0 Å². The summed E-state index contributed by atoms with van der Waals surface area (Å²) in [4.78, 5) is 19.4. The minimum absolute atomic E-state index is 0.119. The van der Waals surface area contributed by atoms with Crippen LogP contribution < -0.4 is 5.32 Å². The lowest BCUT2D eigenvalue weighted by atomic mass is 10.0. The molecule has 4 rings (SSSR count). The molecule has 0 aromatic carbocycles. The molecule has 3 aromatic rings. The van der Waals surface area contributed by atoms with Crippen LogP contribution in [0, 0.1) is 6.92 Å². The smallest absolute Gasteiger partial charge is 0.239 e. The van der Waals surface area contributed by atoms with Crippen LogP contribution in [0.2, 0.25) is 0 Å². The van der Waals surface area contributed by atoms with Gasteiger partial charge in [0, 0.05) is 19.2 Å². The van der Waals surface area contributed by atoms with Gasteiger partial charge in [-0.25, -0.2) is 0 Å². The van der Waals surface area contributed by atoms with Gasteiger partial charge in [-0.05, 0) is 18.4 Å². The van der Waals surface area contributed by atoms with E-state index in [0.29, 0.717) is 29.8 Å². The van der Waals surface area contributed by atoms with E-state index in [4.69, 9.17) is 9.05 Å². The van der Waals surface area contributed by atoms with E-state index in [1.807, 2.05) is 22.4 Å². The van der Waals surface area contributed by atoms with Crippen LogP contribution in [-0.2, 0) is 4.79 Å². The van der Waals surface area contributed by atoms with Crippen molar-refractivity contribution in [2.24, 2.45) is 0 Å². The molecule has 1 N–H and O–H groups in total. The fourth-order valence-electron chi connectivity index (χ4n) is 2.57. The van der Waals surface area contributed by atoms with Gasteiger partial charge in [-0.15, -0.1) is 11.3 Å². The SMILES string of the molecule is Cc1cc(NC(=O)CN2CC(c3nc(-c4cccs4)no3)C2)no1. The molecule has 0 saturated carbocycles. The Hall–Kier alpha value is -2.52. The number of amides is 1. The molecule has 9 heteroatoms. The first-order valence-corrected chi connectivity index (χ1v) is 8.38. The molecule has 8 nitrogen and oxygen atoms in total. The summed E-state index contributed by atoms with van der Waals surface area (Å²) >= 11 is 1.58. The standard InChI is InChI=1S/C15H15N5O3S/c1-9-5-12(18-22-9)16-13(21)8-20-6-10(7-20)15-17-14(19-23-15)11-3-2-4-24-11/h2-5,10H,6-8H2,1H3,(H,16,18,21). The molecule has 0 unspecified atom stereocenters. The zero-order valence-corrected chi connectivity index (χ0v) is 13.7. The maximum Gasteiger partial charge on any atom is 0.239 e. The van der Waals surface area contributed by atoms with Crippen LogP contribution in [-0.4, -0.2) is 45.7 Å². The highest BCUT2D eigenvalue weighted by molar-refractivity contribution is 7.13. The molecule has 1 fully saturated rings. The molecule has 3 aromatic heterocycles. The monoisotopic (exact) mass is 345 g/mol. The Morgan fingerprint density at radius 1 is 1.42 bits per heavy atom. The van der Waals surface area contributed by atoms with Crippen molar-refractivity contribution in [3.05, 3.63) is 35.2 Å². The summed E-state index contributed by atoms with van der Waals surface area (Å²) in [6.07, 6.45) is 0. The zero-order chi connectivity index (χ0) is 16.5. The van der Waals surface area contributed by atoms with Crippen molar-refractivity contribution in [2.45, 2.75) is 12.8 Å². The second-order valence-electron chi connectivity index (χ2n) is 5.70. The molecule has 0 atom stereocenters. The van der Waals surface area contributed by atoms with Gasteiger partial charge in [0.25, 0.3) is 0 Å². The number of carbonyl (C=O) groups is 1. The molecule has 1 aliphatic rings. The zero-order valence-electron chi connectivity index (χ0n) is 12.9. The van der Waals surface area contributed by atoms with Crippen LogP contribution in [0.5, 0.6) is 0 Å². The molecule has 4 heterocycles. The maximum atomic E-state index is 11.9. The molecule has 0 bridgehead atoms. The highest BCUT2D eigenvalue weighted by Crippen LogP contribution is 2.28. The van der Waals surface area contributed by atoms with E-state index in [0.717, 1.165) is 18.0 Å². The van der Waals surface area contributed by atoms with E-state index in [9.17, 15) is 4.79 Å². The van der Waals surface area contributed by atoms with Gasteiger partial charge in [0.15, 0.2) is 5.82 Å². The molecule has 1 saturated heterocycles. The molecule has 0 radical (unpaired) electrons. The Balaban J connectivity index is 1.28. The molecule has 24 heavy (non-hydrogen) atoms. The summed E-state index contributed by atoms with van der Waals surface area (Å²) in [5.74, 6) is 2.40. The van der Waals surface area contributed by atoms with E-state index in [1.165, 1.54) is 0 Å². The second kappa shape index (κ2) is 6.17. The van der Waals surface area contributed by atoms with Gasteiger partial charge in [0.2, 0.25) is 17.6 Å². The number of nitrogens with one attached hydrogen (secondary N) is 1. The van der Waals surface area contributed by atoms with Gasteiger partial charge in [-0.2, -0.15) is 4.98 Å². The summed E-state index contributed by atoms with van der Waals surface area (Å²) in [6, 6.07) is 5.60. The molecule has 0 spiro atoms. The summed E-state index contributed by atoms with van der Waals surface area (Å²) in [7, 11) is 0. The highest BCUT2D eigenvalue weighted by atomic mass is 32.1. The topological polar surface area (TPSA) is 97.3 Å². The van der Waals surface area contributed by atoms with E-state index < -0.39 is 0 Å². The van der Waals surface area contributed by atoms with Crippen molar-refractivity contribution in [1.82, 2.24) is 20.2 Å². The number of likely N-dealkylation sites (tertiary alicyclic amines) is 1. The number of hydrogen-bond donors (Lipinski definition) is 1. The Labute approximate surface area is 141 Å². The number of anilines is 1. The third-order valence-corrected chi connectivity index (χ3v) is 4.62. The molecule has 1 amide bonds. The Morgan fingerprint density at radius 3 is 3.00 bits per heavy atom. The van der Waals surface area contributed by atoms with Crippen LogP contribution >= 0.6 is 11.3 Å². The lowest BCUT2D eigenvalue weighted by molar-refractivity contribution is -0.118. The van der Waals surface area contributed by atoms with Gasteiger partial charge in [-0.3, -0.25) is 9.69 Å². The first-order chi connectivity index (χ1) is 11.7. The molecular formula is C15H15N5O3S. The quantitative estimate of drug-likeness (QED) is 0.756. The highest BCUT2D eigenvalue weighted by Gasteiger charge is 2.33. The van der Waals surface area contributed by atoms with E-state index in [2.05, 4.69) is 20.6 Å². The first-order valence-electron chi connectivity index (χ1n) is 7.50. The maximum absolute atomic E-state index is 11.9. The number of thiophene rings is 1. The lowest BCUT2D eigenvalue weighted by Gasteiger charge is -2.36. The summed E-state index contributed by atoms with van der Waals surface area (Å²) in [5, 5.41) is 12.4. The fraction of sp³-hybridized carbons (Fsp3) is 0.333. The summed E-state index contributed by atoms with van der Waals surface area (Å²) in [5.41, 5.74) is 0. The minimum Gasteiger partial charge on any atom is -0.360 e. The Bertz CT molecular complexity index is 835. The summed E-state index contributed by atoms with van der Waals surface area (Å²) in [6.45, 7) is 3.51. The van der Waals surface area contributed by atoms with Gasteiger partial charge in [-0.1, -0.05) is 16.4 Å². The largest absolute Gasteiger partial charge is 0.360 e. The first kappa shape index (κ1) is 15.0. The van der Waals surface area contributed by atoms with Gasteiger partial charge in [0.05, 0.1) is 17.3 Å². The lowest BCUT2D eigenvalue weighted by Crippen LogP contribution is -2.48. The average molecular weight is 345 g/mol.